The first-order valence-corrected chi connectivity index (χ1v) is 22.7. The molecule has 0 atom stereocenters. The highest BCUT2D eigenvalue weighted by Crippen LogP contribution is 2.64. The van der Waals surface area contributed by atoms with Crippen molar-refractivity contribution in [1.29, 1.82) is 0 Å². The Hall–Kier alpha value is -6.44. The number of fused-ring (bicyclic) bond motifs is 13. The second-order valence-corrected chi connectivity index (χ2v) is 20.6. The Morgan fingerprint density at radius 3 is 1.46 bits per heavy atom. The van der Waals surface area contributed by atoms with E-state index in [9.17, 15) is 0 Å². The Labute approximate surface area is 377 Å². The number of hydrogen-bond donors (Lipinski definition) is 0. The molecular formula is C62H57N. The van der Waals surface area contributed by atoms with Gasteiger partial charge < -0.3 is 4.90 Å². The summed E-state index contributed by atoms with van der Waals surface area (Å²) in [7, 11) is 0. The summed E-state index contributed by atoms with van der Waals surface area (Å²) in [6, 6.07) is 63.5. The van der Waals surface area contributed by atoms with Gasteiger partial charge in [0, 0.05) is 25.2 Å². The second-order valence-electron chi connectivity index (χ2n) is 20.6. The highest BCUT2D eigenvalue weighted by atomic mass is 15.1. The van der Waals surface area contributed by atoms with Crippen molar-refractivity contribution >= 4 is 17.1 Å². The zero-order valence-corrected chi connectivity index (χ0v) is 38.1. The molecule has 3 aliphatic rings. The molecule has 0 amide bonds. The molecule has 0 radical (unpaired) electrons. The summed E-state index contributed by atoms with van der Waals surface area (Å²) in [5.74, 6) is 0. The van der Waals surface area contributed by atoms with Crippen molar-refractivity contribution in [1.82, 2.24) is 0 Å². The van der Waals surface area contributed by atoms with Crippen LogP contribution in [0.15, 0.2) is 170 Å². The molecule has 310 valence electrons. The summed E-state index contributed by atoms with van der Waals surface area (Å²) in [6.07, 6.45) is -1.48. The summed E-state index contributed by atoms with van der Waals surface area (Å²) < 4.78 is 17.3. The zero-order chi connectivity index (χ0) is 45.4. The minimum atomic E-state index is -1.48. The van der Waals surface area contributed by atoms with Gasteiger partial charge in [-0.1, -0.05) is 196 Å². The van der Waals surface area contributed by atoms with E-state index < -0.39 is 11.8 Å². The predicted octanol–water partition coefficient (Wildman–Crippen LogP) is 16.6. The fourth-order valence-corrected chi connectivity index (χ4v) is 11.3. The first kappa shape index (κ1) is 37.1. The quantitative estimate of drug-likeness (QED) is 0.167. The Balaban J connectivity index is 1.18. The number of benzene rings is 8. The van der Waals surface area contributed by atoms with Gasteiger partial charge >= 0.3 is 0 Å². The van der Waals surface area contributed by atoms with E-state index in [1.54, 1.807) is 6.92 Å². The highest BCUT2D eigenvalue weighted by Gasteiger charge is 2.52. The van der Waals surface area contributed by atoms with Gasteiger partial charge in [0.2, 0.25) is 0 Å². The lowest BCUT2D eigenvalue weighted by Crippen LogP contribution is -2.27. The summed E-state index contributed by atoms with van der Waals surface area (Å²) in [5.41, 5.74) is 23.6. The maximum absolute atomic E-state index is 8.65. The van der Waals surface area contributed by atoms with Gasteiger partial charge in [-0.3, -0.25) is 0 Å². The van der Waals surface area contributed by atoms with Crippen molar-refractivity contribution < 1.29 is 2.74 Å². The van der Waals surface area contributed by atoms with E-state index in [0.29, 0.717) is 5.56 Å². The van der Waals surface area contributed by atoms with E-state index >= 15 is 0 Å². The van der Waals surface area contributed by atoms with Crippen molar-refractivity contribution in [2.45, 2.75) is 90.3 Å². The van der Waals surface area contributed by atoms with Crippen molar-refractivity contribution in [2.75, 3.05) is 4.90 Å². The van der Waals surface area contributed by atoms with Gasteiger partial charge in [-0.2, -0.15) is 0 Å². The topological polar surface area (TPSA) is 3.24 Å². The molecule has 0 aliphatic heterocycles. The van der Waals surface area contributed by atoms with Crippen LogP contribution in [-0.2, 0) is 28.0 Å². The number of hydrogen-bond acceptors (Lipinski definition) is 1. The third kappa shape index (κ3) is 5.75. The molecule has 1 heteroatoms. The average molecular weight is 818 g/mol. The molecule has 0 saturated heterocycles. The van der Waals surface area contributed by atoms with E-state index in [4.69, 9.17) is 2.74 Å². The normalized spacial score (nSPS) is 15.4. The Kier molecular flexibility index (Phi) is 8.12. The van der Waals surface area contributed by atoms with Crippen molar-refractivity contribution in [2.24, 2.45) is 0 Å². The third-order valence-electron chi connectivity index (χ3n) is 14.6. The van der Waals surface area contributed by atoms with Gasteiger partial charge in [0.15, 0.2) is 0 Å². The zero-order valence-electron chi connectivity index (χ0n) is 40.1. The molecule has 3 aliphatic carbocycles. The highest BCUT2D eigenvalue weighted by molar-refractivity contribution is 5.97. The standard InChI is InChI=1S/C62H57N/c1-10-39-17-11-12-18-46(39)40-23-27-43(28-24-40)63(44-30-34-54-52(37-44)48-20-13-15-21-53(48)61(54,8)9)45-29-33-51-47-19-14-16-22-55(47)62(58(51)38-45)56-35-41(59(2,3)4)25-31-49(56)50-32-26-42(36-57(50)62)60(5,6)7/h11-38H,10H2,1-9H3/i10D2. The van der Waals surface area contributed by atoms with Crippen LogP contribution in [0.25, 0.3) is 44.5 Å². The second kappa shape index (κ2) is 13.8. The molecule has 11 rings (SSSR count). The van der Waals surface area contributed by atoms with Crippen molar-refractivity contribution in [3.63, 3.8) is 0 Å². The monoisotopic (exact) mass is 817 g/mol. The van der Waals surface area contributed by atoms with E-state index in [1.165, 1.54) is 77.9 Å². The molecular weight excluding hydrogens is 759 g/mol. The maximum Gasteiger partial charge on any atom is 0.0726 e. The van der Waals surface area contributed by atoms with E-state index in [1.807, 2.05) is 24.3 Å². The molecule has 0 N–H and O–H groups in total. The van der Waals surface area contributed by atoms with Crippen LogP contribution in [0.4, 0.5) is 17.1 Å². The van der Waals surface area contributed by atoms with Crippen LogP contribution in [0.2, 0.25) is 0 Å². The molecule has 0 bridgehead atoms. The van der Waals surface area contributed by atoms with Crippen LogP contribution in [-0.4, -0.2) is 0 Å². The van der Waals surface area contributed by atoms with Gasteiger partial charge in [-0.15, -0.1) is 0 Å². The van der Waals surface area contributed by atoms with E-state index in [2.05, 4.69) is 206 Å². The first-order valence-electron chi connectivity index (χ1n) is 23.7. The van der Waals surface area contributed by atoms with Crippen LogP contribution in [0.5, 0.6) is 0 Å². The average Bonchev–Trinajstić information content (AvgIpc) is 3.83. The Morgan fingerprint density at radius 2 is 0.857 bits per heavy atom. The molecule has 1 spiro atoms. The van der Waals surface area contributed by atoms with Crippen LogP contribution < -0.4 is 4.90 Å². The minimum absolute atomic E-state index is 0.0332. The fraction of sp³-hybridized carbons (Fsp3) is 0.226. The largest absolute Gasteiger partial charge is 0.310 e. The molecule has 0 heterocycles. The lowest BCUT2D eigenvalue weighted by molar-refractivity contribution is 0.586. The SMILES string of the molecule is [2H]C([2H])(C)c1ccccc1-c1ccc(N(c2ccc3c(c2)-c2ccccc2C3(C)C)c2ccc3c(c2)C2(c4ccccc4-3)c3cc(C(C)(C)C)ccc3-c3ccc(C(C)(C)C)cc32)cc1. The summed E-state index contributed by atoms with van der Waals surface area (Å²) >= 11 is 0. The van der Waals surface area contributed by atoms with Gasteiger partial charge in [0.1, 0.15) is 0 Å². The minimum Gasteiger partial charge on any atom is -0.310 e. The molecule has 8 aromatic rings. The van der Waals surface area contributed by atoms with Gasteiger partial charge in [-0.05, 0) is 148 Å². The predicted molar refractivity (Wildman–Crippen MR) is 267 cm³/mol. The van der Waals surface area contributed by atoms with E-state index in [0.717, 1.165) is 28.2 Å². The van der Waals surface area contributed by atoms with Crippen LogP contribution in [0.1, 0.15) is 115 Å². The Morgan fingerprint density at radius 1 is 0.413 bits per heavy atom. The molecule has 0 aromatic heterocycles. The fourth-order valence-electron chi connectivity index (χ4n) is 11.3. The van der Waals surface area contributed by atoms with Crippen LogP contribution in [0.3, 0.4) is 0 Å². The van der Waals surface area contributed by atoms with Gasteiger partial charge in [-0.25, -0.2) is 0 Å². The van der Waals surface area contributed by atoms with Gasteiger partial charge in [0.05, 0.1) is 5.41 Å². The van der Waals surface area contributed by atoms with Crippen molar-refractivity contribution in [3.8, 4) is 44.5 Å². The van der Waals surface area contributed by atoms with Crippen LogP contribution >= 0.6 is 0 Å². The third-order valence-corrected chi connectivity index (χ3v) is 14.6. The molecule has 0 saturated carbocycles. The lowest BCUT2D eigenvalue weighted by Gasteiger charge is -2.34. The lowest BCUT2D eigenvalue weighted by atomic mass is 9.68. The molecule has 0 unspecified atom stereocenters. The summed E-state index contributed by atoms with van der Waals surface area (Å²) in [5, 5.41) is 0. The molecule has 1 nitrogen and oxygen atoms in total. The maximum atomic E-state index is 8.65. The Bertz CT molecular complexity index is 3170. The molecule has 8 aromatic carbocycles. The van der Waals surface area contributed by atoms with Crippen molar-refractivity contribution in [3.05, 3.63) is 220 Å². The summed E-state index contributed by atoms with van der Waals surface area (Å²) in [4.78, 5) is 2.44. The van der Waals surface area contributed by atoms with E-state index in [-0.39, 0.29) is 16.2 Å². The van der Waals surface area contributed by atoms with Gasteiger partial charge in [0.25, 0.3) is 0 Å². The summed E-state index contributed by atoms with van der Waals surface area (Å²) in [6.45, 7) is 20.3. The smallest absolute Gasteiger partial charge is 0.0726 e. The number of aryl methyl sites for hydroxylation is 1. The number of anilines is 3. The number of nitrogens with zero attached hydrogens (tertiary/aromatic N) is 1. The number of rotatable bonds is 5. The first-order chi connectivity index (χ1) is 30.9. The molecule has 0 fully saturated rings. The molecule has 63 heavy (non-hydrogen) atoms. The van der Waals surface area contributed by atoms with Crippen LogP contribution in [0, 0.1) is 0 Å².